The van der Waals surface area contributed by atoms with Crippen LogP contribution in [0.5, 0.6) is 5.75 Å². The van der Waals surface area contributed by atoms with Crippen LogP contribution in [0.15, 0.2) is 30.5 Å². The number of benzene rings is 1. The van der Waals surface area contributed by atoms with E-state index in [-0.39, 0.29) is 5.82 Å². The number of nitrogens with one attached hydrogen (secondary N) is 1. The lowest BCUT2D eigenvalue weighted by Crippen LogP contribution is -2.20. The summed E-state index contributed by atoms with van der Waals surface area (Å²) in [4.78, 5) is 9.69. The van der Waals surface area contributed by atoms with Gasteiger partial charge in [0, 0.05) is 20.6 Å². The van der Waals surface area contributed by atoms with Crippen molar-refractivity contribution in [2.24, 2.45) is 0 Å². The lowest BCUT2D eigenvalue weighted by molar-refractivity contribution is 0.414. The van der Waals surface area contributed by atoms with E-state index < -0.39 is 5.82 Å². The number of anilines is 2. The zero-order valence-corrected chi connectivity index (χ0v) is 11.7. The van der Waals surface area contributed by atoms with Crippen LogP contribution in [0.2, 0.25) is 0 Å². The Bertz CT molecular complexity index is 591. The summed E-state index contributed by atoms with van der Waals surface area (Å²) < 4.78 is 19.0. The smallest absolute Gasteiger partial charge is 0.224 e. The molecular weight excluding hydrogens is 259 g/mol. The van der Waals surface area contributed by atoms with Crippen LogP contribution in [0, 0.1) is 5.82 Å². The number of halogens is 1. The summed E-state index contributed by atoms with van der Waals surface area (Å²) in [5.74, 6) is 0.968. The van der Waals surface area contributed by atoms with Crippen LogP contribution in [0.3, 0.4) is 0 Å². The Morgan fingerprint density at radius 3 is 2.90 bits per heavy atom. The van der Waals surface area contributed by atoms with Gasteiger partial charge in [0.05, 0.1) is 13.3 Å². The Morgan fingerprint density at radius 2 is 2.20 bits per heavy atom. The normalized spacial score (nSPS) is 10.2. The maximum absolute atomic E-state index is 13.8. The minimum absolute atomic E-state index is 0.257. The Morgan fingerprint density at radius 1 is 1.40 bits per heavy atom. The van der Waals surface area contributed by atoms with Crippen molar-refractivity contribution in [1.29, 1.82) is 0 Å². The van der Waals surface area contributed by atoms with Gasteiger partial charge in [-0.15, -0.1) is 0 Å². The summed E-state index contributed by atoms with van der Waals surface area (Å²) in [6.45, 7) is 0.522. The first-order chi connectivity index (χ1) is 9.63. The number of hydrogen-bond donors (Lipinski definition) is 1. The summed E-state index contributed by atoms with van der Waals surface area (Å²) in [6.07, 6.45) is 1.16. The maximum atomic E-state index is 13.8. The fourth-order valence-electron chi connectivity index (χ4n) is 1.87. The van der Waals surface area contributed by atoms with Gasteiger partial charge >= 0.3 is 0 Å². The molecule has 0 aliphatic carbocycles. The van der Waals surface area contributed by atoms with Gasteiger partial charge in [0.25, 0.3) is 0 Å². The topological polar surface area (TPSA) is 50.3 Å². The number of ether oxygens (including phenoxy) is 1. The van der Waals surface area contributed by atoms with E-state index in [2.05, 4.69) is 15.3 Å². The van der Waals surface area contributed by atoms with Gasteiger partial charge in [0.1, 0.15) is 5.75 Å². The molecule has 0 atom stereocenters. The Balaban J connectivity index is 2.20. The van der Waals surface area contributed by atoms with E-state index in [1.165, 1.54) is 0 Å². The molecule has 20 heavy (non-hydrogen) atoms. The lowest BCUT2D eigenvalue weighted by atomic mass is 10.2. The summed E-state index contributed by atoms with van der Waals surface area (Å²) in [5.41, 5.74) is 1.01. The molecule has 2 aromatic rings. The summed E-state index contributed by atoms with van der Waals surface area (Å²) in [7, 11) is 5.09. The van der Waals surface area contributed by atoms with Crippen LogP contribution in [-0.2, 0) is 6.54 Å². The highest BCUT2D eigenvalue weighted by Crippen LogP contribution is 2.20. The van der Waals surface area contributed by atoms with Gasteiger partial charge in [-0.1, -0.05) is 12.1 Å². The van der Waals surface area contributed by atoms with Gasteiger partial charge < -0.3 is 15.0 Å². The van der Waals surface area contributed by atoms with Crippen molar-refractivity contribution < 1.29 is 9.13 Å². The van der Waals surface area contributed by atoms with E-state index in [4.69, 9.17) is 4.74 Å². The molecule has 0 saturated heterocycles. The molecule has 0 spiro atoms. The van der Waals surface area contributed by atoms with Crippen LogP contribution < -0.4 is 15.0 Å². The Kier molecular flexibility index (Phi) is 4.34. The second-order valence-electron chi connectivity index (χ2n) is 4.32. The van der Waals surface area contributed by atoms with E-state index in [1.807, 2.05) is 24.3 Å². The van der Waals surface area contributed by atoms with Crippen molar-refractivity contribution in [1.82, 2.24) is 9.97 Å². The third-order valence-electron chi connectivity index (χ3n) is 2.86. The van der Waals surface area contributed by atoms with E-state index in [0.29, 0.717) is 12.5 Å². The molecule has 0 fully saturated rings. The number of rotatable bonds is 5. The van der Waals surface area contributed by atoms with E-state index in [0.717, 1.165) is 17.5 Å². The van der Waals surface area contributed by atoms with Gasteiger partial charge in [-0.05, 0) is 17.7 Å². The average Bonchev–Trinajstić information content (AvgIpc) is 2.47. The molecular formula is C14H17FN4O. The maximum Gasteiger partial charge on any atom is 0.224 e. The predicted octanol–water partition coefficient (Wildman–Crippen LogP) is 2.30. The monoisotopic (exact) mass is 276 g/mol. The molecule has 0 aliphatic rings. The van der Waals surface area contributed by atoms with Gasteiger partial charge in [0.2, 0.25) is 5.95 Å². The SMILES string of the molecule is CNc1ncc(F)c(N(C)Cc2cccc(OC)c2)n1. The van der Waals surface area contributed by atoms with E-state index >= 15 is 0 Å². The first kappa shape index (κ1) is 14.0. The molecule has 0 saturated carbocycles. The third kappa shape index (κ3) is 3.14. The summed E-state index contributed by atoms with van der Waals surface area (Å²) in [6, 6.07) is 7.64. The molecule has 0 bridgehead atoms. The molecule has 1 heterocycles. The van der Waals surface area contributed by atoms with Crippen LogP contribution >= 0.6 is 0 Å². The van der Waals surface area contributed by atoms with Gasteiger partial charge in [-0.3, -0.25) is 0 Å². The van der Waals surface area contributed by atoms with Gasteiger partial charge in [-0.2, -0.15) is 4.98 Å². The van der Waals surface area contributed by atoms with Crippen LogP contribution in [0.1, 0.15) is 5.56 Å². The fourth-order valence-corrected chi connectivity index (χ4v) is 1.87. The molecule has 0 unspecified atom stereocenters. The van der Waals surface area contributed by atoms with Crippen LogP contribution in [0.4, 0.5) is 16.2 Å². The highest BCUT2D eigenvalue weighted by atomic mass is 19.1. The quantitative estimate of drug-likeness (QED) is 0.908. The highest BCUT2D eigenvalue weighted by molar-refractivity contribution is 5.44. The molecule has 1 aromatic carbocycles. The largest absolute Gasteiger partial charge is 0.497 e. The summed E-state index contributed by atoms with van der Waals surface area (Å²) in [5, 5.41) is 2.80. The second kappa shape index (κ2) is 6.18. The molecule has 2 rings (SSSR count). The van der Waals surface area contributed by atoms with Gasteiger partial charge in [-0.25, -0.2) is 9.37 Å². The number of hydrogen-bond acceptors (Lipinski definition) is 5. The van der Waals surface area contributed by atoms with E-state index in [9.17, 15) is 4.39 Å². The molecule has 0 amide bonds. The highest BCUT2D eigenvalue weighted by Gasteiger charge is 2.12. The number of aromatic nitrogens is 2. The zero-order valence-electron chi connectivity index (χ0n) is 11.7. The van der Waals surface area contributed by atoms with Crippen molar-refractivity contribution in [3.05, 3.63) is 41.8 Å². The average molecular weight is 276 g/mol. The third-order valence-corrected chi connectivity index (χ3v) is 2.86. The van der Waals surface area contributed by atoms with Crippen LogP contribution in [-0.4, -0.2) is 31.2 Å². The molecule has 1 N–H and O–H groups in total. The molecule has 5 nitrogen and oxygen atoms in total. The fraction of sp³-hybridized carbons (Fsp3) is 0.286. The van der Waals surface area contributed by atoms with Crippen molar-refractivity contribution in [2.45, 2.75) is 6.54 Å². The van der Waals surface area contributed by atoms with Crippen molar-refractivity contribution in [3.63, 3.8) is 0 Å². The molecule has 1 aromatic heterocycles. The first-order valence-electron chi connectivity index (χ1n) is 6.18. The predicted molar refractivity (Wildman–Crippen MR) is 76.6 cm³/mol. The van der Waals surface area contributed by atoms with Gasteiger partial charge in [0.15, 0.2) is 11.6 Å². The molecule has 106 valence electrons. The molecule has 0 aliphatic heterocycles. The molecule has 0 radical (unpaired) electrons. The molecule has 6 heteroatoms. The Labute approximate surface area is 117 Å². The Hall–Kier alpha value is -2.37. The standard InChI is InChI=1S/C14H17FN4O/c1-16-14-17-8-12(15)13(18-14)19(2)9-10-5-4-6-11(7-10)20-3/h4-8H,9H2,1-3H3,(H,16,17,18). The number of methoxy groups -OCH3 is 1. The minimum Gasteiger partial charge on any atom is -0.497 e. The zero-order chi connectivity index (χ0) is 14.5. The minimum atomic E-state index is -0.450. The second-order valence-corrected chi connectivity index (χ2v) is 4.32. The van der Waals surface area contributed by atoms with Crippen molar-refractivity contribution >= 4 is 11.8 Å². The van der Waals surface area contributed by atoms with Crippen molar-refractivity contribution in [2.75, 3.05) is 31.4 Å². The number of nitrogens with zero attached hydrogens (tertiary/aromatic N) is 3. The summed E-state index contributed by atoms with van der Waals surface area (Å²) >= 11 is 0. The van der Waals surface area contributed by atoms with Crippen molar-refractivity contribution in [3.8, 4) is 5.75 Å². The lowest BCUT2D eigenvalue weighted by Gasteiger charge is -2.19. The first-order valence-corrected chi connectivity index (χ1v) is 6.18. The van der Waals surface area contributed by atoms with E-state index in [1.54, 1.807) is 26.1 Å². The van der Waals surface area contributed by atoms with Crippen LogP contribution in [0.25, 0.3) is 0 Å².